The number of ether oxygens (including phenoxy) is 1. The summed E-state index contributed by atoms with van der Waals surface area (Å²) in [6, 6.07) is 6.02. The molecule has 4 nitrogen and oxygen atoms in total. The van der Waals surface area contributed by atoms with Gasteiger partial charge in [0.25, 0.3) is 0 Å². The average molecular weight is 316 g/mol. The van der Waals surface area contributed by atoms with E-state index in [0.717, 1.165) is 5.56 Å². The van der Waals surface area contributed by atoms with Crippen LogP contribution in [0.2, 0.25) is 0 Å². The molecule has 0 saturated heterocycles. The van der Waals surface area contributed by atoms with Crippen molar-refractivity contribution < 1.29 is 19.4 Å². The second-order valence-corrected chi connectivity index (χ2v) is 6.81. The Bertz CT molecular complexity index is 614. The number of esters is 1. The number of aliphatic carboxylic acids is 1. The highest BCUT2D eigenvalue weighted by Gasteiger charge is 2.53. The van der Waals surface area contributed by atoms with E-state index in [0.29, 0.717) is 24.3 Å². The molecule has 2 aliphatic rings. The number of hydrogen-bond donors (Lipinski definition) is 1. The molecule has 124 valence electrons. The first-order chi connectivity index (χ1) is 11.1. The van der Waals surface area contributed by atoms with Crippen LogP contribution in [-0.4, -0.2) is 24.2 Å². The molecule has 1 unspecified atom stereocenters. The van der Waals surface area contributed by atoms with Gasteiger partial charge in [0.2, 0.25) is 0 Å². The number of methoxy groups -OCH3 is 1. The van der Waals surface area contributed by atoms with Gasteiger partial charge < -0.3 is 9.84 Å². The summed E-state index contributed by atoms with van der Waals surface area (Å²) < 4.78 is 4.80. The molecule has 0 radical (unpaired) electrons. The van der Waals surface area contributed by atoms with E-state index >= 15 is 0 Å². The lowest BCUT2D eigenvalue weighted by atomic mass is 9.81. The number of carbonyl (C=O) groups excluding carboxylic acids is 1. The van der Waals surface area contributed by atoms with Crippen molar-refractivity contribution in [1.29, 1.82) is 0 Å². The van der Waals surface area contributed by atoms with E-state index in [4.69, 9.17) is 4.74 Å². The van der Waals surface area contributed by atoms with Crippen molar-refractivity contribution in [2.24, 2.45) is 0 Å². The van der Waals surface area contributed by atoms with Gasteiger partial charge in [0.1, 0.15) is 0 Å². The molecule has 4 heteroatoms. The molecule has 0 amide bonds. The van der Waals surface area contributed by atoms with Gasteiger partial charge in [-0.25, -0.2) is 0 Å². The van der Waals surface area contributed by atoms with Crippen LogP contribution in [0.4, 0.5) is 0 Å². The average Bonchev–Trinajstić information content (AvgIpc) is 2.75. The fourth-order valence-electron chi connectivity index (χ4n) is 4.26. The highest BCUT2D eigenvalue weighted by Crippen LogP contribution is 2.42. The summed E-state index contributed by atoms with van der Waals surface area (Å²) in [7, 11) is 1.25. The summed E-state index contributed by atoms with van der Waals surface area (Å²) in [4.78, 5) is 24.0. The standard InChI is InChI=1S/C19H24O4/c1-23-18(22)19(17(20)21)11-10-15-12-14(8-9-16(15)19)13-6-4-2-3-5-7-13/h8-9,12-13H,2-7,10-11H2,1H3,(H,20,21). The van der Waals surface area contributed by atoms with E-state index in [9.17, 15) is 14.7 Å². The van der Waals surface area contributed by atoms with E-state index < -0.39 is 17.4 Å². The molecule has 0 heterocycles. The molecule has 23 heavy (non-hydrogen) atoms. The number of benzene rings is 1. The van der Waals surface area contributed by atoms with Gasteiger partial charge >= 0.3 is 11.9 Å². The highest BCUT2D eigenvalue weighted by molar-refractivity contribution is 6.06. The first-order valence-electron chi connectivity index (χ1n) is 8.54. The number of aryl methyl sites for hydroxylation is 1. The monoisotopic (exact) mass is 316 g/mol. The maximum absolute atomic E-state index is 12.2. The van der Waals surface area contributed by atoms with Crippen molar-refractivity contribution in [2.75, 3.05) is 7.11 Å². The number of hydrogen-bond acceptors (Lipinski definition) is 3. The Balaban J connectivity index is 1.96. The fourth-order valence-corrected chi connectivity index (χ4v) is 4.26. The summed E-state index contributed by atoms with van der Waals surface area (Å²) in [6.07, 6.45) is 8.49. The van der Waals surface area contributed by atoms with E-state index in [1.165, 1.54) is 51.2 Å². The summed E-state index contributed by atoms with van der Waals surface area (Å²) in [5.41, 5.74) is 1.40. The van der Waals surface area contributed by atoms with Gasteiger partial charge in [0, 0.05) is 0 Å². The molecule has 1 aromatic rings. The Morgan fingerprint density at radius 3 is 2.48 bits per heavy atom. The normalized spacial score (nSPS) is 24.7. The summed E-state index contributed by atoms with van der Waals surface area (Å²) in [6.45, 7) is 0. The molecule has 0 spiro atoms. The zero-order chi connectivity index (χ0) is 16.4. The molecular formula is C19H24O4. The van der Waals surface area contributed by atoms with Crippen LogP contribution in [0.1, 0.15) is 67.6 Å². The minimum atomic E-state index is -1.52. The Labute approximate surface area is 136 Å². The first-order valence-corrected chi connectivity index (χ1v) is 8.54. The molecule has 1 aromatic carbocycles. The largest absolute Gasteiger partial charge is 0.480 e. The van der Waals surface area contributed by atoms with Crippen LogP contribution in [-0.2, 0) is 26.2 Å². The van der Waals surface area contributed by atoms with Gasteiger partial charge in [0.05, 0.1) is 7.11 Å². The van der Waals surface area contributed by atoms with Crippen LogP contribution in [0.25, 0.3) is 0 Å². The van der Waals surface area contributed by atoms with Gasteiger partial charge in [-0.05, 0) is 48.3 Å². The second kappa shape index (κ2) is 6.34. The van der Waals surface area contributed by atoms with Crippen molar-refractivity contribution in [3.05, 3.63) is 34.9 Å². The number of rotatable bonds is 3. The summed E-state index contributed by atoms with van der Waals surface area (Å²) in [5.74, 6) is -1.20. The molecule has 0 aromatic heterocycles. The van der Waals surface area contributed by atoms with Gasteiger partial charge in [-0.15, -0.1) is 0 Å². The zero-order valence-electron chi connectivity index (χ0n) is 13.6. The maximum Gasteiger partial charge on any atom is 0.327 e. The zero-order valence-corrected chi connectivity index (χ0v) is 13.6. The smallest absolute Gasteiger partial charge is 0.327 e. The highest BCUT2D eigenvalue weighted by atomic mass is 16.5. The lowest BCUT2D eigenvalue weighted by Crippen LogP contribution is -2.42. The lowest BCUT2D eigenvalue weighted by Gasteiger charge is -2.23. The summed E-state index contributed by atoms with van der Waals surface area (Å²) in [5, 5.41) is 9.67. The van der Waals surface area contributed by atoms with Gasteiger partial charge in [0.15, 0.2) is 5.41 Å². The van der Waals surface area contributed by atoms with Crippen LogP contribution in [0.15, 0.2) is 18.2 Å². The molecule has 3 rings (SSSR count). The third-order valence-electron chi connectivity index (χ3n) is 5.58. The number of carbonyl (C=O) groups is 2. The van der Waals surface area contributed by atoms with Crippen LogP contribution >= 0.6 is 0 Å². The van der Waals surface area contributed by atoms with Gasteiger partial charge in [-0.3, -0.25) is 9.59 Å². The molecule has 1 N–H and O–H groups in total. The van der Waals surface area contributed by atoms with E-state index in [-0.39, 0.29) is 0 Å². The third-order valence-corrected chi connectivity index (χ3v) is 5.58. The SMILES string of the molecule is COC(=O)C1(C(=O)O)CCc2cc(C3CCCCCC3)ccc21. The van der Waals surface area contributed by atoms with Gasteiger partial charge in [-0.1, -0.05) is 43.9 Å². The molecule has 1 saturated carbocycles. The van der Waals surface area contributed by atoms with Crippen molar-refractivity contribution in [3.63, 3.8) is 0 Å². The topological polar surface area (TPSA) is 63.6 Å². The van der Waals surface area contributed by atoms with E-state index in [2.05, 4.69) is 6.07 Å². The number of carboxylic acid groups (broad SMARTS) is 1. The van der Waals surface area contributed by atoms with Crippen LogP contribution in [0, 0.1) is 0 Å². The quantitative estimate of drug-likeness (QED) is 0.526. The first kappa shape index (κ1) is 16.0. The number of fused-ring (bicyclic) bond motifs is 1. The van der Waals surface area contributed by atoms with Crippen LogP contribution in [0.5, 0.6) is 0 Å². The minimum absolute atomic E-state index is 0.290. The Morgan fingerprint density at radius 1 is 1.17 bits per heavy atom. The summed E-state index contributed by atoms with van der Waals surface area (Å²) >= 11 is 0. The van der Waals surface area contributed by atoms with Crippen molar-refractivity contribution in [3.8, 4) is 0 Å². The molecule has 0 bridgehead atoms. The molecule has 0 aliphatic heterocycles. The Morgan fingerprint density at radius 2 is 1.87 bits per heavy atom. The molecule has 1 atom stereocenters. The Hall–Kier alpha value is -1.84. The van der Waals surface area contributed by atoms with Crippen molar-refractivity contribution in [2.45, 2.75) is 62.7 Å². The maximum atomic E-state index is 12.2. The van der Waals surface area contributed by atoms with Crippen LogP contribution in [0.3, 0.4) is 0 Å². The number of carboxylic acids is 1. The third kappa shape index (κ3) is 2.64. The Kier molecular flexibility index (Phi) is 4.42. The predicted octanol–water partition coefficient (Wildman–Crippen LogP) is 3.57. The molecule has 1 fully saturated rings. The van der Waals surface area contributed by atoms with E-state index in [1.807, 2.05) is 12.1 Å². The van der Waals surface area contributed by atoms with Crippen molar-refractivity contribution >= 4 is 11.9 Å². The van der Waals surface area contributed by atoms with Gasteiger partial charge in [-0.2, -0.15) is 0 Å². The fraction of sp³-hybridized carbons (Fsp3) is 0.579. The van der Waals surface area contributed by atoms with Crippen LogP contribution < -0.4 is 0 Å². The lowest BCUT2D eigenvalue weighted by molar-refractivity contribution is -0.159. The molecule has 2 aliphatic carbocycles. The molecular weight excluding hydrogens is 292 g/mol. The second-order valence-electron chi connectivity index (χ2n) is 6.81. The van der Waals surface area contributed by atoms with E-state index in [1.54, 1.807) is 0 Å². The predicted molar refractivity (Wildman–Crippen MR) is 86.5 cm³/mol. The minimum Gasteiger partial charge on any atom is -0.480 e. The van der Waals surface area contributed by atoms with Crippen molar-refractivity contribution in [1.82, 2.24) is 0 Å².